The van der Waals surface area contributed by atoms with Crippen LogP contribution >= 0.6 is 0 Å². The van der Waals surface area contributed by atoms with Crippen LogP contribution in [0.15, 0.2) is 0 Å². The highest BCUT2D eigenvalue weighted by atomic mass is 32.3. The van der Waals surface area contributed by atoms with E-state index in [0.29, 0.717) is 31.9 Å². The van der Waals surface area contributed by atoms with Crippen molar-refractivity contribution in [3.63, 3.8) is 0 Å². The van der Waals surface area contributed by atoms with Gasteiger partial charge >= 0.3 is 11.9 Å². The predicted octanol–water partition coefficient (Wildman–Crippen LogP) is 2.19. The molecule has 12 nitrogen and oxygen atoms in total. The molecule has 0 aromatic carbocycles. The normalized spacial score (nSPS) is 19.8. The van der Waals surface area contributed by atoms with Crippen molar-refractivity contribution in [2.45, 2.75) is 97.3 Å². The number of hydrogen-bond donors (Lipinski definition) is 0. The van der Waals surface area contributed by atoms with Gasteiger partial charge in [0.15, 0.2) is 0 Å². The molecular formula is C22H43NO11S3. The van der Waals surface area contributed by atoms with E-state index >= 15 is 0 Å². The summed E-state index contributed by atoms with van der Waals surface area (Å²) in [6.45, 7) is 11.5. The van der Waals surface area contributed by atoms with Crippen molar-refractivity contribution in [1.29, 1.82) is 0 Å². The second-order valence-electron chi connectivity index (χ2n) is 11.1. The van der Waals surface area contributed by atoms with Crippen LogP contribution in [0.2, 0.25) is 0 Å². The summed E-state index contributed by atoms with van der Waals surface area (Å²) in [5.41, 5.74) is -0.900. The van der Waals surface area contributed by atoms with Crippen LogP contribution < -0.4 is 0 Å². The molecular weight excluding hydrogens is 550 g/mol. The van der Waals surface area contributed by atoms with Crippen LogP contribution in [0.25, 0.3) is 0 Å². The Morgan fingerprint density at radius 3 is 1.41 bits per heavy atom. The van der Waals surface area contributed by atoms with Gasteiger partial charge in [0.2, 0.25) is 10.0 Å². The number of carbonyl (C=O) groups is 2. The Bertz CT molecular complexity index is 1050. The molecule has 0 bridgehead atoms. The van der Waals surface area contributed by atoms with E-state index < -0.39 is 47.9 Å². The van der Waals surface area contributed by atoms with E-state index in [2.05, 4.69) is 3.63 Å². The highest BCUT2D eigenvalue weighted by Gasteiger charge is 2.38. The summed E-state index contributed by atoms with van der Waals surface area (Å²) in [5.74, 6) is -0.264. The summed E-state index contributed by atoms with van der Waals surface area (Å²) >= 11 is 0. The van der Waals surface area contributed by atoms with Crippen molar-refractivity contribution in [3.8, 4) is 0 Å². The molecule has 1 aliphatic carbocycles. The van der Waals surface area contributed by atoms with Crippen molar-refractivity contribution in [2.75, 3.05) is 25.3 Å². The van der Waals surface area contributed by atoms with Gasteiger partial charge in [-0.1, -0.05) is 12.8 Å². The molecule has 2 fully saturated rings. The Labute approximate surface area is 222 Å². The van der Waals surface area contributed by atoms with Crippen LogP contribution in [-0.2, 0) is 53.0 Å². The van der Waals surface area contributed by atoms with E-state index in [1.807, 2.05) is 20.8 Å². The van der Waals surface area contributed by atoms with E-state index in [1.54, 1.807) is 20.8 Å². The van der Waals surface area contributed by atoms with Gasteiger partial charge in [-0.15, -0.1) is 3.63 Å². The maximum absolute atomic E-state index is 11.8. The monoisotopic (exact) mass is 593 g/mol. The van der Waals surface area contributed by atoms with E-state index in [4.69, 9.17) is 9.47 Å². The summed E-state index contributed by atoms with van der Waals surface area (Å²) < 4.78 is 78.3. The van der Waals surface area contributed by atoms with Crippen LogP contribution in [0.1, 0.15) is 80.1 Å². The molecule has 1 aliphatic heterocycles. The van der Waals surface area contributed by atoms with Crippen molar-refractivity contribution < 1.29 is 47.9 Å². The molecule has 0 amide bonds. The van der Waals surface area contributed by atoms with E-state index in [1.165, 1.54) is 17.1 Å². The highest BCUT2D eigenvalue weighted by Crippen LogP contribution is 2.27. The number of ether oxygens (including phenoxy) is 2. The van der Waals surface area contributed by atoms with Crippen molar-refractivity contribution in [3.05, 3.63) is 0 Å². The van der Waals surface area contributed by atoms with Gasteiger partial charge in [0.05, 0.1) is 24.7 Å². The molecule has 0 N–H and O–H groups in total. The van der Waals surface area contributed by atoms with Gasteiger partial charge in [0.1, 0.15) is 17.2 Å². The third-order valence-corrected chi connectivity index (χ3v) is 7.92. The third kappa shape index (κ3) is 17.8. The molecule has 37 heavy (non-hydrogen) atoms. The first kappa shape index (κ1) is 35.7. The summed E-state index contributed by atoms with van der Waals surface area (Å²) in [5, 5.41) is 0. The average molecular weight is 594 g/mol. The summed E-state index contributed by atoms with van der Waals surface area (Å²) in [6.07, 6.45) is 8.11. The zero-order valence-electron chi connectivity index (χ0n) is 23.3. The lowest BCUT2D eigenvalue weighted by atomic mass is 10.1. The molecule has 1 saturated heterocycles. The van der Waals surface area contributed by atoms with Gasteiger partial charge in [-0.25, -0.2) is 8.42 Å². The standard InChI is InChI=1S/C10H19NO4S.C10H18O2.C2H6O5S2/c1-10(2,3)15-9(12)8-6-5-7-11(8)16(4,13)14;1-10(2,3)12-9(11)8-6-4-5-7-8;1-8(3,4)7-9(2,5)6/h8H,5-7H2,1-4H3;8H,4-7H2,1-3H3;1-2H3/t8-;;/m0../s1. The lowest BCUT2D eigenvalue weighted by Crippen LogP contribution is -2.43. The fourth-order valence-electron chi connectivity index (χ4n) is 3.51. The van der Waals surface area contributed by atoms with E-state index in [0.717, 1.165) is 19.1 Å². The van der Waals surface area contributed by atoms with Gasteiger partial charge in [0, 0.05) is 6.54 Å². The fraction of sp³-hybridized carbons (Fsp3) is 0.909. The van der Waals surface area contributed by atoms with Gasteiger partial charge in [-0.2, -0.15) is 21.1 Å². The topological polar surface area (TPSA) is 167 Å². The minimum atomic E-state index is -3.87. The quantitative estimate of drug-likeness (QED) is 0.429. The number of hydrogen-bond acceptors (Lipinski definition) is 11. The van der Waals surface area contributed by atoms with Crippen molar-refractivity contribution >= 4 is 42.2 Å². The molecule has 0 aromatic rings. The first-order chi connectivity index (χ1) is 16.3. The lowest BCUT2D eigenvalue weighted by molar-refractivity contribution is -0.160. The molecule has 220 valence electrons. The number of esters is 2. The molecule has 0 aromatic heterocycles. The molecule has 0 unspecified atom stereocenters. The Morgan fingerprint density at radius 2 is 1.08 bits per heavy atom. The van der Waals surface area contributed by atoms with Gasteiger partial charge in [0.25, 0.3) is 20.2 Å². The maximum Gasteiger partial charge on any atom is 0.324 e. The van der Waals surface area contributed by atoms with E-state index in [9.17, 15) is 34.8 Å². The smallest absolute Gasteiger partial charge is 0.324 e. The first-order valence-corrected chi connectivity index (χ1v) is 17.3. The Morgan fingerprint density at radius 1 is 0.676 bits per heavy atom. The zero-order chi connectivity index (χ0) is 29.5. The van der Waals surface area contributed by atoms with Crippen molar-refractivity contribution in [1.82, 2.24) is 4.31 Å². The van der Waals surface area contributed by atoms with Crippen molar-refractivity contribution in [2.24, 2.45) is 5.92 Å². The van der Waals surface area contributed by atoms with Gasteiger partial charge < -0.3 is 9.47 Å². The zero-order valence-corrected chi connectivity index (χ0v) is 25.7. The summed E-state index contributed by atoms with van der Waals surface area (Å²) in [6, 6.07) is -0.644. The van der Waals surface area contributed by atoms with Crippen LogP contribution in [0.3, 0.4) is 0 Å². The molecule has 1 heterocycles. The van der Waals surface area contributed by atoms with Crippen LogP contribution in [0.5, 0.6) is 0 Å². The Balaban J connectivity index is 0.000000550. The molecule has 2 rings (SSSR count). The van der Waals surface area contributed by atoms with E-state index in [-0.39, 0.29) is 17.5 Å². The number of sulfonamides is 1. The summed E-state index contributed by atoms with van der Waals surface area (Å²) in [7, 11) is -11.1. The molecule has 0 spiro atoms. The molecule has 1 atom stereocenters. The predicted molar refractivity (Wildman–Crippen MR) is 139 cm³/mol. The minimum Gasteiger partial charge on any atom is -0.460 e. The molecule has 1 saturated carbocycles. The van der Waals surface area contributed by atoms with Gasteiger partial charge in [-0.05, 0) is 67.2 Å². The molecule has 0 radical (unpaired) electrons. The molecule has 15 heteroatoms. The highest BCUT2D eigenvalue weighted by molar-refractivity contribution is 7.99. The second kappa shape index (κ2) is 13.7. The number of rotatable bonds is 5. The maximum atomic E-state index is 11.8. The Hall–Kier alpha value is -1.29. The van der Waals surface area contributed by atoms with Crippen LogP contribution in [-0.4, -0.2) is 84.1 Å². The lowest BCUT2D eigenvalue weighted by Gasteiger charge is -2.25. The Kier molecular flexibility index (Phi) is 13.2. The minimum absolute atomic E-state index is 0.000000000000000666. The number of carbonyl (C=O) groups excluding carboxylic acids is 2. The SMILES string of the molecule is CC(C)(C)OC(=O)C1CCCC1.CC(C)(C)OC(=O)[C@@H]1CCCN1S(C)(=O)=O.CS(=O)(=O)OS(C)(=O)=O. The second-order valence-corrected chi connectivity index (χ2v) is 16.4. The van der Waals surface area contributed by atoms with Gasteiger partial charge in [-0.3, -0.25) is 9.59 Å². The van der Waals surface area contributed by atoms with Crippen LogP contribution in [0, 0.1) is 5.92 Å². The largest absolute Gasteiger partial charge is 0.460 e. The fourth-order valence-corrected chi connectivity index (χ4v) is 6.42. The average Bonchev–Trinajstić information content (AvgIpc) is 3.28. The number of nitrogens with zero attached hydrogens (tertiary/aromatic N) is 1. The molecule has 2 aliphatic rings. The third-order valence-electron chi connectivity index (χ3n) is 4.65. The summed E-state index contributed by atoms with van der Waals surface area (Å²) in [4.78, 5) is 23.2. The van der Waals surface area contributed by atoms with Crippen LogP contribution in [0.4, 0.5) is 0 Å². The first-order valence-electron chi connectivity index (χ1n) is 11.8.